The first-order chi connectivity index (χ1) is 8.36. The maximum absolute atomic E-state index is 10.4. The van der Waals surface area contributed by atoms with Crippen LogP contribution >= 0.6 is 0 Å². The Kier molecular flexibility index (Phi) is 2.15. The number of para-hydroxylation sites is 1. The van der Waals surface area contributed by atoms with Gasteiger partial charge < -0.3 is 4.52 Å². The minimum Gasteiger partial charge on any atom is -0.331 e. The molecule has 0 saturated heterocycles. The first-order valence-corrected chi connectivity index (χ1v) is 5.02. The third kappa shape index (κ3) is 1.67. The Bertz CT molecular complexity index is 691. The molecule has 5 heteroatoms. The summed E-state index contributed by atoms with van der Waals surface area (Å²) in [5, 5.41) is 4.72. The van der Waals surface area contributed by atoms with Crippen LogP contribution in [0.2, 0.25) is 0 Å². The lowest BCUT2D eigenvalue weighted by molar-refractivity contribution is 0.108. The predicted molar refractivity (Wildman–Crippen MR) is 60.4 cm³/mol. The van der Waals surface area contributed by atoms with Gasteiger partial charge in [-0.3, -0.25) is 4.79 Å². The minimum atomic E-state index is -0.0463. The van der Waals surface area contributed by atoms with Crippen molar-refractivity contribution in [3.8, 4) is 11.5 Å². The molecule has 82 valence electrons. The first kappa shape index (κ1) is 9.65. The largest absolute Gasteiger partial charge is 0.331 e. The quantitative estimate of drug-likeness (QED) is 0.624. The van der Waals surface area contributed by atoms with Crippen LogP contribution in [0.15, 0.2) is 40.9 Å². The number of carbonyl (C=O) groups is 1. The molecule has 0 bridgehead atoms. The van der Waals surface area contributed by atoms with Crippen molar-refractivity contribution in [3.05, 3.63) is 42.3 Å². The smallest absolute Gasteiger partial charge is 0.291 e. The third-order valence-corrected chi connectivity index (χ3v) is 2.37. The lowest BCUT2D eigenvalue weighted by Gasteiger charge is -1.97. The standard InChI is InChI=1S/C12H7N3O2/c16-7-11-14-12(15-17-11)10-6-5-8-3-1-2-4-9(8)13-10/h1-7H. The molecular formula is C12H7N3O2. The second kappa shape index (κ2) is 3.79. The van der Waals surface area contributed by atoms with Gasteiger partial charge in [0.25, 0.3) is 5.89 Å². The van der Waals surface area contributed by atoms with Crippen molar-refractivity contribution in [1.82, 2.24) is 15.1 Å². The highest BCUT2D eigenvalue weighted by atomic mass is 16.5. The van der Waals surface area contributed by atoms with Gasteiger partial charge in [-0.2, -0.15) is 4.98 Å². The highest BCUT2D eigenvalue weighted by Gasteiger charge is 2.09. The van der Waals surface area contributed by atoms with E-state index in [0.29, 0.717) is 17.8 Å². The normalized spacial score (nSPS) is 10.6. The Labute approximate surface area is 96.1 Å². The summed E-state index contributed by atoms with van der Waals surface area (Å²) < 4.78 is 4.71. The number of hydrogen-bond acceptors (Lipinski definition) is 5. The lowest BCUT2D eigenvalue weighted by Crippen LogP contribution is -1.87. The molecule has 2 heterocycles. The lowest BCUT2D eigenvalue weighted by atomic mass is 10.2. The van der Waals surface area contributed by atoms with E-state index in [-0.39, 0.29) is 5.89 Å². The molecule has 3 aromatic rings. The Morgan fingerprint density at radius 3 is 2.76 bits per heavy atom. The molecule has 0 N–H and O–H groups in total. The van der Waals surface area contributed by atoms with E-state index in [4.69, 9.17) is 4.52 Å². The number of nitrogens with zero attached hydrogens (tertiary/aromatic N) is 3. The molecule has 2 aromatic heterocycles. The SMILES string of the molecule is O=Cc1nc(-c2ccc3ccccc3n2)no1. The number of aldehydes is 1. The summed E-state index contributed by atoms with van der Waals surface area (Å²) in [7, 11) is 0. The number of aromatic nitrogens is 3. The fourth-order valence-corrected chi connectivity index (χ4v) is 1.58. The van der Waals surface area contributed by atoms with Crippen molar-refractivity contribution in [3.63, 3.8) is 0 Å². The van der Waals surface area contributed by atoms with Crippen LogP contribution in [0.3, 0.4) is 0 Å². The van der Waals surface area contributed by atoms with Gasteiger partial charge in [0.15, 0.2) is 0 Å². The van der Waals surface area contributed by atoms with E-state index in [1.54, 1.807) is 6.07 Å². The molecule has 1 aromatic carbocycles. The van der Waals surface area contributed by atoms with Gasteiger partial charge in [-0.05, 0) is 12.1 Å². The van der Waals surface area contributed by atoms with E-state index in [2.05, 4.69) is 15.1 Å². The first-order valence-electron chi connectivity index (χ1n) is 5.02. The van der Waals surface area contributed by atoms with Gasteiger partial charge in [0.05, 0.1) is 5.52 Å². The van der Waals surface area contributed by atoms with Gasteiger partial charge in [0.1, 0.15) is 5.69 Å². The van der Waals surface area contributed by atoms with Crippen LogP contribution in [-0.2, 0) is 0 Å². The van der Waals surface area contributed by atoms with Gasteiger partial charge in [0.2, 0.25) is 12.1 Å². The monoisotopic (exact) mass is 225 g/mol. The summed E-state index contributed by atoms with van der Waals surface area (Å²) in [6.45, 7) is 0. The highest BCUT2D eigenvalue weighted by Crippen LogP contribution is 2.18. The number of hydrogen-bond donors (Lipinski definition) is 0. The second-order valence-electron chi connectivity index (χ2n) is 3.46. The minimum absolute atomic E-state index is 0.0463. The summed E-state index contributed by atoms with van der Waals surface area (Å²) in [5.41, 5.74) is 1.43. The zero-order valence-corrected chi connectivity index (χ0v) is 8.70. The predicted octanol–water partition coefficient (Wildman–Crippen LogP) is 2.10. The van der Waals surface area contributed by atoms with Crippen LogP contribution < -0.4 is 0 Å². The molecule has 0 fully saturated rings. The molecule has 3 rings (SSSR count). The Morgan fingerprint density at radius 1 is 1.06 bits per heavy atom. The highest BCUT2D eigenvalue weighted by molar-refractivity contribution is 5.80. The van der Waals surface area contributed by atoms with E-state index >= 15 is 0 Å². The second-order valence-corrected chi connectivity index (χ2v) is 3.46. The van der Waals surface area contributed by atoms with E-state index < -0.39 is 0 Å². The summed E-state index contributed by atoms with van der Waals surface area (Å²) in [6, 6.07) is 11.4. The van der Waals surface area contributed by atoms with Crippen LogP contribution in [0.1, 0.15) is 10.7 Å². The fraction of sp³-hybridized carbons (Fsp3) is 0. The van der Waals surface area contributed by atoms with Crippen molar-refractivity contribution in [2.45, 2.75) is 0 Å². The Hall–Kier alpha value is -2.56. The molecule has 0 aliphatic rings. The summed E-state index contributed by atoms with van der Waals surface area (Å²) >= 11 is 0. The number of fused-ring (bicyclic) bond motifs is 1. The van der Waals surface area contributed by atoms with Crippen LogP contribution in [0, 0.1) is 0 Å². The van der Waals surface area contributed by atoms with Crippen molar-refractivity contribution in [2.75, 3.05) is 0 Å². The maximum Gasteiger partial charge on any atom is 0.291 e. The number of pyridine rings is 1. The summed E-state index contributed by atoms with van der Waals surface area (Å²) in [6.07, 6.45) is 0.511. The average Bonchev–Trinajstić information content (AvgIpc) is 2.87. The molecular weight excluding hydrogens is 218 g/mol. The van der Waals surface area contributed by atoms with E-state index in [9.17, 15) is 4.79 Å². The van der Waals surface area contributed by atoms with Crippen molar-refractivity contribution >= 4 is 17.2 Å². The number of carbonyl (C=O) groups excluding carboxylic acids is 1. The van der Waals surface area contributed by atoms with Gasteiger partial charge in [-0.25, -0.2) is 4.98 Å². The third-order valence-electron chi connectivity index (χ3n) is 2.37. The van der Waals surface area contributed by atoms with Gasteiger partial charge >= 0.3 is 0 Å². The van der Waals surface area contributed by atoms with Crippen molar-refractivity contribution in [2.24, 2.45) is 0 Å². The van der Waals surface area contributed by atoms with Crippen LogP contribution in [0.4, 0.5) is 0 Å². The zero-order valence-electron chi connectivity index (χ0n) is 8.70. The van der Waals surface area contributed by atoms with Crippen molar-refractivity contribution < 1.29 is 9.32 Å². The molecule has 0 aliphatic carbocycles. The van der Waals surface area contributed by atoms with Gasteiger partial charge in [0, 0.05) is 5.39 Å². The topological polar surface area (TPSA) is 68.9 Å². The molecule has 5 nitrogen and oxygen atoms in total. The van der Waals surface area contributed by atoms with Crippen LogP contribution in [-0.4, -0.2) is 21.4 Å². The summed E-state index contributed by atoms with van der Waals surface area (Å²) in [5.74, 6) is 0.271. The molecule has 0 unspecified atom stereocenters. The maximum atomic E-state index is 10.4. The molecule has 0 radical (unpaired) electrons. The number of rotatable bonds is 2. The molecule has 0 atom stereocenters. The van der Waals surface area contributed by atoms with Gasteiger partial charge in [-0.1, -0.05) is 29.4 Å². The van der Waals surface area contributed by atoms with Gasteiger partial charge in [-0.15, -0.1) is 0 Å². The summed E-state index contributed by atoms with van der Waals surface area (Å²) in [4.78, 5) is 18.7. The Balaban J connectivity index is 2.14. The average molecular weight is 225 g/mol. The van der Waals surface area contributed by atoms with E-state index in [1.807, 2.05) is 30.3 Å². The van der Waals surface area contributed by atoms with Crippen molar-refractivity contribution in [1.29, 1.82) is 0 Å². The molecule has 0 amide bonds. The molecule has 0 spiro atoms. The fourth-order valence-electron chi connectivity index (χ4n) is 1.58. The zero-order chi connectivity index (χ0) is 11.7. The molecule has 0 aliphatic heterocycles. The Morgan fingerprint density at radius 2 is 1.94 bits per heavy atom. The van der Waals surface area contributed by atoms with E-state index in [1.165, 1.54) is 0 Å². The van der Waals surface area contributed by atoms with Crippen LogP contribution in [0.25, 0.3) is 22.4 Å². The van der Waals surface area contributed by atoms with Crippen LogP contribution in [0.5, 0.6) is 0 Å². The number of benzene rings is 1. The molecule has 0 saturated carbocycles. The molecule has 17 heavy (non-hydrogen) atoms. The van der Waals surface area contributed by atoms with E-state index in [0.717, 1.165) is 10.9 Å².